The summed E-state index contributed by atoms with van der Waals surface area (Å²) in [5, 5.41) is 20.8. The summed E-state index contributed by atoms with van der Waals surface area (Å²) in [5.74, 6) is -4.92. The van der Waals surface area contributed by atoms with Gasteiger partial charge in [0.05, 0.1) is 0 Å². The van der Waals surface area contributed by atoms with E-state index in [0.29, 0.717) is 25.3 Å². The summed E-state index contributed by atoms with van der Waals surface area (Å²) in [4.78, 5) is 47.9. The van der Waals surface area contributed by atoms with Crippen LogP contribution in [0.4, 0.5) is 0 Å². The lowest BCUT2D eigenvalue weighted by molar-refractivity contribution is -0.168. The Bertz CT molecular complexity index is 788. The van der Waals surface area contributed by atoms with Gasteiger partial charge in [-0.3, -0.25) is 9.59 Å². The van der Waals surface area contributed by atoms with Gasteiger partial charge in [-0.25, -0.2) is 9.59 Å². The number of nitrogens with one attached hydrogen (secondary N) is 1. The van der Waals surface area contributed by atoms with E-state index in [1.54, 1.807) is 0 Å². The van der Waals surface area contributed by atoms with Crippen molar-refractivity contribution in [3.8, 4) is 11.5 Å². The number of ketones is 1. The zero-order valence-electron chi connectivity index (χ0n) is 16.6. The quantitative estimate of drug-likeness (QED) is 0.315. The number of para-hydroxylation sites is 2. The number of Topliss-reactive ketones (excluding diaryl/α,β-unsaturated/α-hetero) is 1. The molecule has 1 aliphatic rings. The second-order valence-electron chi connectivity index (χ2n) is 7.22. The molecular formula is C20H26N2O8. The van der Waals surface area contributed by atoms with Crippen molar-refractivity contribution < 1.29 is 38.9 Å². The van der Waals surface area contributed by atoms with Crippen LogP contribution in [0.1, 0.15) is 32.6 Å². The van der Waals surface area contributed by atoms with Gasteiger partial charge in [0.25, 0.3) is 0 Å². The maximum atomic E-state index is 12.8. The van der Waals surface area contributed by atoms with Crippen LogP contribution in [0.25, 0.3) is 0 Å². The molecule has 0 radical (unpaired) electrons. The predicted octanol–water partition coefficient (Wildman–Crippen LogP) is 0.780. The fourth-order valence-electron chi connectivity index (χ4n) is 3.33. The molecule has 1 fully saturated rings. The van der Waals surface area contributed by atoms with E-state index in [1.807, 2.05) is 0 Å². The summed E-state index contributed by atoms with van der Waals surface area (Å²) in [6.07, 6.45) is 2.53. The van der Waals surface area contributed by atoms with Crippen molar-refractivity contribution >= 4 is 23.6 Å². The fourth-order valence-corrected chi connectivity index (χ4v) is 3.33. The van der Waals surface area contributed by atoms with Crippen LogP contribution in [0.15, 0.2) is 24.3 Å². The Kier molecular flexibility index (Phi) is 7.76. The monoisotopic (exact) mass is 422 g/mol. The highest BCUT2D eigenvalue weighted by molar-refractivity contribution is 6.08. The summed E-state index contributed by atoms with van der Waals surface area (Å²) < 4.78 is 10.6. The van der Waals surface area contributed by atoms with E-state index in [0.717, 1.165) is 19.8 Å². The largest absolute Gasteiger partial charge is 0.479 e. The predicted molar refractivity (Wildman–Crippen MR) is 104 cm³/mol. The number of hydrogen-bond acceptors (Lipinski definition) is 7. The first kappa shape index (κ1) is 23.1. The van der Waals surface area contributed by atoms with Crippen LogP contribution in [0, 0.1) is 11.8 Å². The highest BCUT2D eigenvalue weighted by Crippen LogP contribution is 2.32. The summed E-state index contributed by atoms with van der Waals surface area (Å²) in [6.45, 7) is 0.814. The summed E-state index contributed by atoms with van der Waals surface area (Å²) in [5.41, 5.74) is 2.98. The van der Waals surface area contributed by atoms with E-state index in [1.165, 1.54) is 24.3 Å². The molecule has 0 aliphatic heterocycles. The van der Waals surface area contributed by atoms with Gasteiger partial charge in [0.15, 0.2) is 18.1 Å². The number of benzene rings is 1. The number of carbonyl (C=O) groups is 4. The second kappa shape index (κ2) is 10.1. The first-order valence-corrected chi connectivity index (χ1v) is 9.58. The summed E-state index contributed by atoms with van der Waals surface area (Å²) >= 11 is 0. The van der Waals surface area contributed by atoms with Gasteiger partial charge in [0.2, 0.25) is 11.7 Å². The van der Waals surface area contributed by atoms with E-state index in [4.69, 9.17) is 20.3 Å². The standard InChI is InChI=1S/C20H26N2O8/c1-12(23)20(19(27)28,22-18(26)14-8-6-13(10-21)7-9-14)30-16-5-3-2-4-15(16)29-11-17(24)25/h2-5,13-14H,6-11,21H2,1H3,(H,22,26)(H,24,25)(H,27,28). The SMILES string of the molecule is CC(=O)C(NC(=O)C1CCC(CN)CC1)(Oc1ccccc1OCC(=O)O)C(=O)O. The molecule has 0 bridgehead atoms. The molecule has 1 unspecified atom stereocenters. The van der Waals surface area contributed by atoms with Gasteiger partial charge in [-0.1, -0.05) is 12.1 Å². The molecule has 30 heavy (non-hydrogen) atoms. The number of carbonyl (C=O) groups excluding carboxylic acids is 2. The normalized spacial score (nSPS) is 20.5. The van der Waals surface area contributed by atoms with Crippen LogP contribution >= 0.6 is 0 Å². The number of carboxylic acids is 2. The number of nitrogens with two attached hydrogens (primary N) is 1. The lowest BCUT2D eigenvalue weighted by Gasteiger charge is -2.32. The van der Waals surface area contributed by atoms with Crippen LogP contribution in [-0.4, -0.2) is 52.7 Å². The number of ether oxygens (including phenoxy) is 2. The minimum Gasteiger partial charge on any atom is -0.479 e. The Hall–Kier alpha value is -3.14. The molecule has 1 atom stereocenters. The van der Waals surface area contributed by atoms with Gasteiger partial charge in [-0.15, -0.1) is 0 Å². The average Bonchev–Trinajstić information content (AvgIpc) is 2.72. The molecule has 0 saturated heterocycles. The van der Waals surface area contributed by atoms with Gasteiger partial charge >= 0.3 is 17.7 Å². The van der Waals surface area contributed by atoms with Crippen LogP contribution in [0.5, 0.6) is 11.5 Å². The van der Waals surface area contributed by atoms with Crippen LogP contribution in [0.2, 0.25) is 0 Å². The van der Waals surface area contributed by atoms with E-state index >= 15 is 0 Å². The van der Waals surface area contributed by atoms with Gasteiger partial charge in [0, 0.05) is 12.8 Å². The number of hydrogen-bond donors (Lipinski definition) is 4. The maximum absolute atomic E-state index is 12.8. The van der Waals surface area contributed by atoms with Crippen molar-refractivity contribution in [1.82, 2.24) is 5.32 Å². The zero-order chi connectivity index (χ0) is 22.3. The smallest absolute Gasteiger partial charge is 0.378 e. The highest BCUT2D eigenvalue weighted by Gasteiger charge is 2.49. The van der Waals surface area contributed by atoms with Crippen molar-refractivity contribution in [2.75, 3.05) is 13.2 Å². The molecule has 1 amide bonds. The van der Waals surface area contributed by atoms with Crippen molar-refractivity contribution in [2.24, 2.45) is 17.6 Å². The lowest BCUT2D eigenvalue weighted by atomic mass is 9.81. The molecule has 1 aliphatic carbocycles. The minimum absolute atomic E-state index is 0.0792. The highest BCUT2D eigenvalue weighted by atomic mass is 16.6. The van der Waals surface area contributed by atoms with Crippen LogP contribution in [0.3, 0.4) is 0 Å². The van der Waals surface area contributed by atoms with Crippen LogP contribution in [-0.2, 0) is 19.2 Å². The number of carboxylic acid groups (broad SMARTS) is 2. The van der Waals surface area contributed by atoms with Crippen molar-refractivity contribution in [3.05, 3.63) is 24.3 Å². The molecule has 5 N–H and O–H groups in total. The third-order valence-electron chi connectivity index (χ3n) is 5.11. The summed E-state index contributed by atoms with van der Waals surface area (Å²) in [6, 6.07) is 5.69. The van der Waals surface area contributed by atoms with Crippen molar-refractivity contribution in [3.63, 3.8) is 0 Å². The molecule has 1 saturated carbocycles. The average molecular weight is 422 g/mol. The topological polar surface area (TPSA) is 165 Å². The molecule has 10 nitrogen and oxygen atoms in total. The van der Waals surface area contributed by atoms with E-state index in [-0.39, 0.29) is 11.5 Å². The Morgan fingerprint density at radius 2 is 1.70 bits per heavy atom. The number of rotatable bonds is 10. The third kappa shape index (κ3) is 5.47. The molecular weight excluding hydrogens is 396 g/mol. The van der Waals surface area contributed by atoms with Gasteiger partial charge in [-0.05, 0) is 50.3 Å². The van der Waals surface area contributed by atoms with E-state index in [9.17, 15) is 24.3 Å². The van der Waals surface area contributed by atoms with Crippen molar-refractivity contribution in [2.45, 2.75) is 38.3 Å². The van der Waals surface area contributed by atoms with E-state index < -0.39 is 41.9 Å². The second-order valence-corrected chi connectivity index (χ2v) is 7.22. The van der Waals surface area contributed by atoms with Crippen molar-refractivity contribution in [1.29, 1.82) is 0 Å². The summed E-state index contributed by atoms with van der Waals surface area (Å²) in [7, 11) is 0. The molecule has 0 spiro atoms. The van der Waals surface area contributed by atoms with Gasteiger partial charge in [-0.2, -0.15) is 0 Å². The third-order valence-corrected chi connectivity index (χ3v) is 5.11. The van der Waals surface area contributed by atoms with Crippen LogP contribution < -0.4 is 20.5 Å². The maximum Gasteiger partial charge on any atom is 0.378 e. The number of aliphatic carboxylic acids is 2. The Morgan fingerprint density at radius 3 is 2.20 bits per heavy atom. The molecule has 10 heteroatoms. The Morgan fingerprint density at radius 1 is 1.10 bits per heavy atom. The Balaban J connectivity index is 2.26. The first-order chi connectivity index (χ1) is 14.2. The Labute approximate surface area is 173 Å². The minimum atomic E-state index is -2.68. The molecule has 1 aromatic rings. The first-order valence-electron chi connectivity index (χ1n) is 9.58. The fraction of sp³-hybridized carbons (Fsp3) is 0.500. The zero-order valence-corrected chi connectivity index (χ0v) is 16.6. The molecule has 2 rings (SSSR count). The molecule has 1 aromatic carbocycles. The van der Waals surface area contributed by atoms with E-state index in [2.05, 4.69) is 5.32 Å². The van der Waals surface area contributed by atoms with Gasteiger partial charge in [0.1, 0.15) is 0 Å². The number of amides is 1. The molecule has 164 valence electrons. The van der Waals surface area contributed by atoms with Gasteiger partial charge < -0.3 is 30.7 Å². The molecule has 0 aromatic heterocycles. The molecule has 0 heterocycles. The lowest BCUT2D eigenvalue weighted by Crippen LogP contribution is -2.64.